The molecule has 2 heteroatoms. The summed E-state index contributed by atoms with van der Waals surface area (Å²) in [4.78, 5) is 2.74. The van der Waals surface area contributed by atoms with Crippen molar-refractivity contribution in [3.8, 4) is 0 Å². The van der Waals surface area contributed by atoms with Gasteiger partial charge >= 0.3 is 0 Å². The number of fused-ring (bicyclic) bond motifs is 3. The molecule has 1 saturated heterocycles. The maximum atomic E-state index is 5.95. The highest BCUT2D eigenvalue weighted by Crippen LogP contribution is 2.41. The number of hydrogen-bond donors (Lipinski definition) is 0. The highest BCUT2D eigenvalue weighted by atomic mass is 16.3. The summed E-state index contributed by atoms with van der Waals surface area (Å²) in [6, 6.07) is 7.97. The summed E-state index contributed by atoms with van der Waals surface area (Å²) in [7, 11) is 0. The third-order valence-electron chi connectivity index (χ3n) is 5.72. The Bertz CT molecular complexity index is 727. The molecule has 2 nitrogen and oxygen atoms in total. The summed E-state index contributed by atoms with van der Waals surface area (Å²) in [5, 5.41) is 1.30. The lowest BCUT2D eigenvalue weighted by atomic mass is 9.93. The van der Waals surface area contributed by atoms with E-state index < -0.39 is 0 Å². The molecule has 0 amide bonds. The summed E-state index contributed by atoms with van der Waals surface area (Å²) in [5.74, 6) is 0. The first-order chi connectivity index (χ1) is 11.3. The van der Waals surface area contributed by atoms with Gasteiger partial charge in [-0.3, -0.25) is 4.90 Å². The zero-order valence-corrected chi connectivity index (χ0v) is 14.3. The lowest BCUT2D eigenvalue weighted by Crippen LogP contribution is -2.38. The molecule has 2 bridgehead atoms. The SMILES string of the molecule is CCCCN1C2C=C(c3coc4c(CC)cccc34)CC1CC2. The van der Waals surface area contributed by atoms with E-state index in [1.54, 1.807) is 0 Å². The lowest BCUT2D eigenvalue weighted by molar-refractivity contribution is 0.209. The second-order valence-corrected chi connectivity index (χ2v) is 7.08. The minimum absolute atomic E-state index is 0.648. The Kier molecular flexibility index (Phi) is 4.02. The molecule has 1 fully saturated rings. The molecular formula is C21H27NO. The molecule has 2 unspecified atom stereocenters. The normalized spacial score (nSPS) is 24.3. The number of unbranched alkanes of at least 4 members (excludes halogenated alkanes) is 1. The molecule has 122 valence electrons. The first kappa shape index (κ1) is 15.0. The summed E-state index contributed by atoms with van der Waals surface area (Å²) in [6.07, 6.45) is 12.0. The fourth-order valence-corrected chi connectivity index (χ4v) is 4.45. The van der Waals surface area contributed by atoms with Crippen molar-refractivity contribution >= 4 is 16.5 Å². The Labute approximate surface area is 139 Å². The highest BCUT2D eigenvalue weighted by molar-refractivity contribution is 5.93. The third kappa shape index (κ3) is 2.53. The first-order valence-corrected chi connectivity index (χ1v) is 9.27. The summed E-state index contributed by atoms with van der Waals surface area (Å²) < 4.78 is 5.95. The number of nitrogens with zero attached hydrogens (tertiary/aromatic N) is 1. The van der Waals surface area contributed by atoms with Gasteiger partial charge in [-0.15, -0.1) is 0 Å². The number of benzene rings is 1. The molecule has 1 aromatic carbocycles. The number of hydrogen-bond acceptors (Lipinski definition) is 2. The first-order valence-electron chi connectivity index (χ1n) is 9.27. The minimum atomic E-state index is 0.648. The van der Waals surface area contributed by atoms with Crippen molar-refractivity contribution in [3.63, 3.8) is 0 Å². The standard InChI is InChI=1S/C21H27NO/c1-3-5-11-22-17-9-10-18(22)13-16(12-17)20-14-23-21-15(4-2)7-6-8-19(20)21/h6-8,12,14,17-18H,3-5,9-11,13H2,1-2H3. The van der Waals surface area contributed by atoms with Gasteiger partial charge in [-0.05, 0) is 49.8 Å². The zero-order valence-electron chi connectivity index (χ0n) is 14.3. The van der Waals surface area contributed by atoms with Crippen LogP contribution in [-0.4, -0.2) is 23.5 Å². The van der Waals surface area contributed by atoms with E-state index in [0.717, 1.165) is 18.0 Å². The third-order valence-corrected chi connectivity index (χ3v) is 5.72. The van der Waals surface area contributed by atoms with Crippen molar-refractivity contribution in [1.29, 1.82) is 0 Å². The fraction of sp³-hybridized carbons (Fsp3) is 0.524. The Morgan fingerprint density at radius 2 is 2.13 bits per heavy atom. The van der Waals surface area contributed by atoms with Gasteiger partial charge in [-0.2, -0.15) is 0 Å². The van der Waals surface area contributed by atoms with Crippen LogP contribution in [0.15, 0.2) is 35.0 Å². The van der Waals surface area contributed by atoms with Gasteiger partial charge in [0.2, 0.25) is 0 Å². The van der Waals surface area contributed by atoms with Crippen molar-refractivity contribution in [1.82, 2.24) is 4.90 Å². The Hall–Kier alpha value is -1.54. The maximum Gasteiger partial charge on any atom is 0.137 e. The van der Waals surface area contributed by atoms with Crippen molar-refractivity contribution in [3.05, 3.63) is 41.7 Å². The van der Waals surface area contributed by atoms with Crippen LogP contribution in [0.1, 0.15) is 57.1 Å². The van der Waals surface area contributed by atoms with Crippen LogP contribution in [0.5, 0.6) is 0 Å². The predicted octanol–water partition coefficient (Wildman–Crippen LogP) is 5.42. The van der Waals surface area contributed by atoms with Crippen LogP contribution in [0, 0.1) is 0 Å². The molecule has 2 aliphatic rings. The largest absolute Gasteiger partial charge is 0.463 e. The summed E-state index contributed by atoms with van der Waals surface area (Å²) in [5.41, 5.74) is 5.25. The van der Waals surface area contributed by atoms with Crippen molar-refractivity contribution in [2.24, 2.45) is 0 Å². The van der Waals surface area contributed by atoms with Crippen LogP contribution in [0.3, 0.4) is 0 Å². The molecule has 0 spiro atoms. The highest BCUT2D eigenvalue weighted by Gasteiger charge is 2.36. The quantitative estimate of drug-likeness (QED) is 0.733. The summed E-state index contributed by atoms with van der Waals surface area (Å²) >= 11 is 0. The van der Waals surface area contributed by atoms with E-state index in [4.69, 9.17) is 4.42 Å². The number of para-hydroxylation sites is 1. The van der Waals surface area contributed by atoms with Crippen LogP contribution >= 0.6 is 0 Å². The monoisotopic (exact) mass is 309 g/mol. The Balaban J connectivity index is 1.67. The molecule has 0 aliphatic carbocycles. The number of furan rings is 1. The van der Waals surface area contributed by atoms with E-state index in [1.807, 2.05) is 6.26 Å². The smallest absolute Gasteiger partial charge is 0.137 e. The van der Waals surface area contributed by atoms with Crippen LogP contribution < -0.4 is 0 Å². The van der Waals surface area contributed by atoms with E-state index in [0.29, 0.717) is 6.04 Å². The molecule has 0 radical (unpaired) electrons. The lowest BCUT2D eigenvalue weighted by Gasteiger charge is -2.33. The zero-order chi connectivity index (χ0) is 15.8. The van der Waals surface area contributed by atoms with Gasteiger partial charge in [0.1, 0.15) is 5.58 Å². The molecule has 23 heavy (non-hydrogen) atoms. The van der Waals surface area contributed by atoms with Gasteiger partial charge < -0.3 is 4.42 Å². The van der Waals surface area contributed by atoms with Crippen molar-refractivity contribution < 1.29 is 4.42 Å². The van der Waals surface area contributed by atoms with Gasteiger partial charge in [-0.25, -0.2) is 0 Å². The molecule has 2 atom stereocenters. The van der Waals surface area contributed by atoms with Crippen LogP contribution in [0.2, 0.25) is 0 Å². The second kappa shape index (κ2) is 6.16. The fourth-order valence-electron chi connectivity index (χ4n) is 4.45. The minimum Gasteiger partial charge on any atom is -0.463 e. The molecule has 0 saturated carbocycles. The van der Waals surface area contributed by atoms with E-state index >= 15 is 0 Å². The number of aryl methyl sites for hydroxylation is 1. The Morgan fingerprint density at radius 1 is 1.22 bits per heavy atom. The van der Waals surface area contributed by atoms with E-state index in [1.165, 1.54) is 60.7 Å². The molecular weight excluding hydrogens is 282 g/mol. The van der Waals surface area contributed by atoms with Gasteiger partial charge in [0.25, 0.3) is 0 Å². The predicted molar refractivity (Wildman–Crippen MR) is 96.6 cm³/mol. The second-order valence-electron chi connectivity index (χ2n) is 7.08. The topological polar surface area (TPSA) is 16.4 Å². The van der Waals surface area contributed by atoms with Crippen LogP contribution in [0.25, 0.3) is 16.5 Å². The van der Waals surface area contributed by atoms with Gasteiger partial charge in [-0.1, -0.05) is 44.5 Å². The summed E-state index contributed by atoms with van der Waals surface area (Å²) in [6.45, 7) is 5.75. The van der Waals surface area contributed by atoms with E-state index in [9.17, 15) is 0 Å². The van der Waals surface area contributed by atoms with Gasteiger partial charge in [0, 0.05) is 23.0 Å². The molecule has 2 aliphatic heterocycles. The average molecular weight is 309 g/mol. The molecule has 1 aromatic heterocycles. The van der Waals surface area contributed by atoms with E-state index in [-0.39, 0.29) is 0 Å². The van der Waals surface area contributed by atoms with Crippen molar-refractivity contribution in [2.75, 3.05) is 6.54 Å². The maximum absolute atomic E-state index is 5.95. The van der Waals surface area contributed by atoms with Crippen molar-refractivity contribution in [2.45, 2.75) is 64.5 Å². The molecule has 3 heterocycles. The average Bonchev–Trinajstić information content (AvgIpc) is 3.11. The molecule has 4 rings (SSSR count). The number of rotatable bonds is 5. The Morgan fingerprint density at radius 3 is 2.91 bits per heavy atom. The van der Waals surface area contributed by atoms with Gasteiger partial charge in [0.15, 0.2) is 0 Å². The molecule has 2 aromatic rings. The molecule has 0 N–H and O–H groups in total. The van der Waals surface area contributed by atoms with Crippen LogP contribution in [0.4, 0.5) is 0 Å². The van der Waals surface area contributed by atoms with E-state index in [2.05, 4.69) is 43.0 Å². The van der Waals surface area contributed by atoms with Crippen LogP contribution in [-0.2, 0) is 6.42 Å². The van der Waals surface area contributed by atoms with Gasteiger partial charge in [0.05, 0.1) is 6.26 Å².